The fourth-order valence-electron chi connectivity index (χ4n) is 3.56. The lowest BCUT2D eigenvalue weighted by Crippen LogP contribution is -2.37. The number of hydrogen-bond acceptors (Lipinski definition) is 6. The SMILES string of the molecule is CC(=O)c1c(C)oc2ccc(N(C(=O)c3ccncc3)S(=O)(=O)c3ccc(C)cc3)cc12. The van der Waals surface area contributed by atoms with Gasteiger partial charge < -0.3 is 4.42 Å². The number of sulfonamides is 1. The fourth-order valence-corrected chi connectivity index (χ4v) is 4.97. The Morgan fingerprint density at radius 1 is 0.938 bits per heavy atom. The van der Waals surface area contributed by atoms with Crippen LogP contribution in [-0.2, 0) is 10.0 Å². The van der Waals surface area contributed by atoms with Gasteiger partial charge in [-0.05, 0) is 63.2 Å². The highest BCUT2D eigenvalue weighted by Gasteiger charge is 2.32. The zero-order valence-electron chi connectivity index (χ0n) is 17.7. The molecular weight excluding hydrogens is 428 g/mol. The summed E-state index contributed by atoms with van der Waals surface area (Å²) in [5, 5.41) is 0.444. The standard InChI is InChI=1S/C24H20N2O5S/c1-15-4-7-20(8-5-15)32(29,30)26(24(28)18-10-12-25-13-11-18)19-6-9-22-21(14-19)23(16(2)27)17(3)31-22/h4-14H,1-3H3. The van der Waals surface area contributed by atoms with Gasteiger partial charge in [0.05, 0.1) is 16.1 Å². The van der Waals surface area contributed by atoms with Crippen LogP contribution >= 0.6 is 0 Å². The molecule has 0 aliphatic rings. The molecule has 0 radical (unpaired) electrons. The molecule has 7 nitrogen and oxygen atoms in total. The van der Waals surface area contributed by atoms with E-state index in [4.69, 9.17) is 4.42 Å². The largest absolute Gasteiger partial charge is 0.461 e. The summed E-state index contributed by atoms with van der Waals surface area (Å²) >= 11 is 0. The van der Waals surface area contributed by atoms with Gasteiger partial charge in [0.15, 0.2) is 5.78 Å². The van der Waals surface area contributed by atoms with Gasteiger partial charge in [-0.3, -0.25) is 14.6 Å². The molecule has 0 N–H and O–H groups in total. The molecular formula is C24H20N2O5S. The summed E-state index contributed by atoms with van der Waals surface area (Å²) in [7, 11) is -4.27. The zero-order valence-corrected chi connectivity index (χ0v) is 18.5. The van der Waals surface area contributed by atoms with E-state index in [0.29, 0.717) is 22.3 Å². The van der Waals surface area contributed by atoms with E-state index < -0.39 is 15.9 Å². The maximum atomic E-state index is 13.6. The smallest absolute Gasteiger partial charge is 0.272 e. The van der Waals surface area contributed by atoms with E-state index in [1.54, 1.807) is 25.1 Å². The Hall–Kier alpha value is -3.78. The first kappa shape index (κ1) is 21.5. The van der Waals surface area contributed by atoms with E-state index in [1.165, 1.54) is 55.7 Å². The molecule has 0 saturated heterocycles. The van der Waals surface area contributed by atoms with E-state index in [-0.39, 0.29) is 21.9 Å². The molecule has 0 spiro atoms. The van der Waals surface area contributed by atoms with Gasteiger partial charge in [-0.25, -0.2) is 8.42 Å². The molecule has 0 aliphatic carbocycles. The van der Waals surface area contributed by atoms with Crippen molar-refractivity contribution in [3.05, 3.63) is 89.4 Å². The molecule has 4 aromatic rings. The van der Waals surface area contributed by atoms with Crippen molar-refractivity contribution < 1.29 is 22.4 Å². The van der Waals surface area contributed by atoms with Crippen molar-refractivity contribution >= 4 is 38.4 Å². The molecule has 32 heavy (non-hydrogen) atoms. The quantitative estimate of drug-likeness (QED) is 0.411. The van der Waals surface area contributed by atoms with E-state index in [2.05, 4.69) is 4.98 Å². The number of nitrogens with zero attached hydrogens (tertiary/aromatic N) is 2. The Morgan fingerprint density at radius 3 is 2.22 bits per heavy atom. The first-order valence-electron chi connectivity index (χ1n) is 9.80. The number of ketones is 1. The van der Waals surface area contributed by atoms with Crippen molar-refractivity contribution in [3.63, 3.8) is 0 Å². The van der Waals surface area contributed by atoms with Crippen LogP contribution in [0.4, 0.5) is 5.69 Å². The normalized spacial score (nSPS) is 11.5. The van der Waals surface area contributed by atoms with Crippen LogP contribution in [0.2, 0.25) is 0 Å². The van der Waals surface area contributed by atoms with Crippen LogP contribution in [-0.4, -0.2) is 25.1 Å². The predicted octanol–water partition coefficient (Wildman–Crippen LogP) is 4.68. The highest BCUT2D eigenvalue weighted by molar-refractivity contribution is 7.93. The number of pyridine rings is 1. The predicted molar refractivity (Wildman–Crippen MR) is 120 cm³/mol. The molecule has 0 saturated carbocycles. The second-order valence-electron chi connectivity index (χ2n) is 7.39. The first-order chi connectivity index (χ1) is 15.2. The lowest BCUT2D eigenvalue weighted by molar-refractivity contribution is 0.1000. The molecule has 0 bridgehead atoms. The van der Waals surface area contributed by atoms with Crippen LogP contribution in [0.1, 0.15) is 39.0 Å². The van der Waals surface area contributed by atoms with E-state index >= 15 is 0 Å². The summed E-state index contributed by atoms with van der Waals surface area (Å²) in [5.41, 5.74) is 1.93. The maximum Gasteiger partial charge on any atom is 0.272 e. The van der Waals surface area contributed by atoms with Crippen molar-refractivity contribution in [3.8, 4) is 0 Å². The number of rotatable bonds is 5. The number of aryl methyl sites for hydroxylation is 2. The number of fused-ring (bicyclic) bond motifs is 1. The number of carbonyl (C=O) groups is 2. The average molecular weight is 449 g/mol. The third kappa shape index (κ3) is 3.69. The Morgan fingerprint density at radius 2 is 1.59 bits per heavy atom. The number of benzene rings is 2. The first-order valence-corrected chi connectivity index (χ1v) is 11.2. The maximum absolute atomic E-state index is 13.6. The number of furan rings is 1. The van der Waals surface area contributed by atoms with Crippen LogP contribution in [0.25, 0.3) is 11.0 Å². The van der Waals surface area contributed by atoms with Crippen molar-refractivity contribution in [1.82, 2.24) is 4.98 Å². The van der Waals surface area contributed by atoms with E-state index in [9.17, 15) is 18.0 Å². The second-order valence-corrected chi connectivity index (χ2v) is 9.18. The third-order valence-corrected chi connectivity index (χ3v) is 6.83. The monoisotopic (exact) mass is 448 g/mol. The molecule has 8 heteroatoms. The third-order valence-electron chi connectivity index (χ3n) is 5.11. The zero-order chi connectivity index (χ0) is 23.0. The fraction of sp³-hybridized carbons (Fsp3) is 0.125. The van der Waals surface area contributed by atoms with Crippen LogP contribution < -0.4 is 4.31 Å². The lowest BCUT2D eigenvalue weighted by atomic mass is 10.1. The average Bonchev–Trinajstić information content (AvgIpc) is 3.10. The Labute approximate surface area is 185 Å². The van der Waals surface area contributed by atoms with Gasteiger partial charge in [-0.1, -0.05) is 17.7 Å². The molecule has 0 aliphatic heterocycles. The summed E-state index contributed by atoms with van der Waals surface area (Å²) in [6, 6.07) is 13.7. The number of carbonyl (C=O) groups excluding carboxylic acids is 2. The minimum atomic E-state index is -4.27. The van der Waals surface area contributed by atoms with Crippen LogP contribution in [0.15, 0.2) is 76.3 Å². The number of anilines is 1. The van der Waals surface area contributed by atoms with Crippen LogP contribution in [0.3, 0.4) is 0 Å². The molecule has 0 atom stereocenters. The molecule has 0 unspecified atom stereocenters. The highest BCUT2D eigenvalue weighted by Crippen LogP contribution is 2.33. The number of Topliss-reactive ketones (excluding diaryl/α,β-unsaturated/α-hetero) is 1. The summed E-state index contributed by atoms with van der Waals surface area (Å²) in [6.07, 6.45) is 2.83. The number of aromatic nitrogens is 1. The Bertz CT molecular complexity index is 1440. The van der Waals surface area contributed by atoms with Crippen molar-refractivity contribution in [2.75, 3.05) is 4.31 Å². The molecule has 2 heterocycles. The van der Waals surface area contributed by atoms with Gasteiger partial charge in [0, 0.05) is 23.3 Å². The Balaban J connectivity index is 1.96. The van der Waals surface area contributed by atoms with Gasteiger partial charge in [0.25, 0.3) is 15.9 Å². The minimum Gasteiger partial charge on any atom is -0.461 e. The molecule has 0 fully saturated rings. The lowest BCUT2D eigenvalue weighted by Gasteiger charge is -2.23. The summed E-state index contributed by atoms with van der Waals surface area (Å²) in [6.45, 7) is 4.92. The van der Waals surface area contributed by atoms with Gasteiger partial charge >= 0.3 is 0 Å². The summed E-state index contributed by atoms with van der Waals surface area (Å²) in [4.78, 5) is 29.5. The molecule has 162 valence electrons. The molecule has 1 amide bonds. The number of hydrogen-bond donors (Lipinski definition) is 0. The topological polar surface area (TPSA) is 97.6 Å². The van der Waals surface area contributed by atoms with E-state index in [1.807, 2.05) is 6.92 Å². The van der Waals surface area contributed by atoms with Crippen LogP contribution in [0, 0.1) is 13.8 Å². The van der Waals surface area contributed by atoms with Crippen molar-refractivity contribution in [1.29, 1.82) is 0 Å². The van der Waals surface area contributed by atoms with Crippen LogP contribution in [0.5, 0.6) is 0 Å². The van der Waals surface area contributed by atoms with Gasteiger partial charge in [0.1, 0.15) is 11.3 Å². The minimum absolute atomic E-state index is 0.0271. The molecule has 2 aromatic carbocycles. The second kappa shape index (κ2) is 8.05. The summed E-state index contributed by atoms with van der Waals surface area (Å²) in [5.74, 6) is -0.526. The van der Waals surface area contributed by atoms with Gasteiger partial charge in [-0.2, -0.15) is 4.31 Å². The molecule has 2 aromatic heterocycles. The van der Waals surface area contributed by atoms with Gasteiger partial charge in [-0.15, -0.1) is 0 Å². The Kier molecular flexibility index (Phi) is 5.40. The van der Waals surface area contributed by atoms with Crippen molar-refractivity contribution in [2.24, 2.45) is 0 Å². The summed E-state index contributed by atoms with van der Waals surface area (Å²) < 4.78 is 33.6. The molecule has 4 rings (SSSR count). The van der Waals surface area contributed by atoms with E-state index in [0.717, 1.165) is 9.87 Å². The highest BCUT2D eigenvalue weighted by atomic mass is 32.2. The van der Waals surface area contributed by atoms with Gasteiger partial charge in [0.2, 0.25) is 0 Å². The number of amides is 1. The van der Waals surface area contributed by atoms with Crippen molar-refractivity contribution in [2.45, 2.75) is 25.7 Å².